The molecule has 0 aliphatic carbocycles. The molecule has 0 atom stereocenters. The molecular weight excluding hydrogens is 390 g/mol. The van der Waals surface area contributed by atoms with Gasteiger partial charge in [0.05, 0.1) is 17.2 Å². The van der Waals surface area contributed by atoms with Crippen LogP contribution < -0.4 is 0 Å². The molecule has 0 unspecified atom stereocenters. The molecule has 0 aliphatic heterocycles. The van der Waals surface area contributed by atoms with Gasteiger partial charge in [0.15, 0.2) is 0 Å². The molecule has 0 fully saturated rings. The summed E-state index contributed by atoms with van der Waals surface area (Å²) < 4.78 is 5.70. The van der Waals surface area contributed by atoms with E-state index in [1.807, 2.05) is 48.7 Å². The first kappa shape index (κ1) is 18.9. The minimum Gasteiger partial charge on any atom is -0.418 e. The monoisotopic (exact) mass is 407 g/mol. The van der Waals surface area contributed by atoms with E-state index in [-0.39, 0.29) is 5.91 Å². The first-order chi connectivity index (χ1) is 12.7. The van der Waals surface area contributed by atoms with Crippen molar-refractivity contribution in [1.82, 2.24) is 15.1 Å². The number of hydrogen-bond acceptors (Lipinski definition) is 6. The van der Waals surface area contributed by atoms with Gasteiger partial charge >= 0.3 is 0 Å². The van der Waals surface area contributed by atoms with Crippen LogP contribution in [0.25, 0.3) is 10.8 Å². The summed E-state index contributed by atoms with van der Waals surface area (Å²) in [6, 6.07) is 11.4. The lowest BCUT2D eigenvalue weighted by atomic mass is 10.4. The van der Waals surface area contributed by atoms with E-state index in [1.165, 1.54) is 11.8 Å². The van der Waals surface area contributed by atoms with Gasteiger partial charge < -0.3 is 9.32 Å². The number of benzene rings is 1. The van der Waals surface area contributed by atoms with Gasteiger partial charge in [-0.2, -0.15) is 0 Å². The Labute approximate surface area is 165 Å². The first-order valence-electron chi connectivity index (χ1n) is 8.18. The fraction of sp³-hybridized carbons (Fsp3) is 0.278. The number of nitrogens with zero attached hydrogens (tertiary/aromatic N) is 3. The maximum absolute atomic E-state index is 12.6. The van der Waals surface area contributed by atoms with Crippen LogP contribution in [0.15, 0.2) is 51.1 Å². The molecule has 0 saturated heterocycles. The van der Waals surface area contributed by atoms with Crippen LogP contribution in [0.4, 0.5) is 0 Å². The third kappa shape index (κ3) is 5.09. The molecule has 26 heavy (non-hydrogen) atoms. The lowest BCUT2D eigenvalue weighted by Crippen LogP contribution is -2.32. The van der Waals surface area contributed by atoms with E-state index in [0.29, 0.717) is 35.6 Å². The van der Waals surface area contributed by atoms with Crippen LogP contribution in [0.5, 0.6) is 0 Å². The number of rotatable bonds is 8. The van der Waals surface area contributed by atoms with Crippen LogP contribution in [0.2, 0.25) is 5.02 Å². The highest BCUT2D eigenvalue weighted by Crippen LogP contribution is 2.24. The maximum atomic E-state index is 12.6. The van der Waals surface area contributed by atoms with Crippen LogP contribution >= 0.6 is 34.7 Å². The van der Waals surface area contributed by atoms with E-state index in [2.05, 4.69) is 10.2 Å². The normalized spacial score (nSPS) is 10.8. The largest absolute Gasteiger partial charge is 0.418 e. The zero-order valence-electron chi connectivity index (χ0n) is 14.2. The van der Waals surface area contributed by atoms with Crippen LogP contribution in [-0.4, -0.2) is 33.3 Å². The summed E-state index contributed by atoms with van der Waals surface area (Å²) in [4.78, 5) is 16.3. The molecule has 1 amide bonds. The van der Waals surface area contributed by atoms with Gasteiger partial charge in [-0.15, -0.1) is 33.3 Å². The summed E-state index contributed by atoms with van der Waals surface area (Å²) >= 11 is 9.00. The Kier molecular flexibility index (Phi) is 6.71. The summed E-state index contributed by atoms with van der Waals surface area (Å²) in [5, 5.41) is 10.8. The first-order valence-corrected chi connectivity index (χ1v) is 10.4. The predicted molar refractivity (Wildman–Crippen MR) is 105 cm³/mol. The molecule has 0 aliphatic rings. The second-order valence-electron chi connectivity index (χ2n) is 5.54. The molecule has 1 aromatic carbocycles. The molecule has 8 heteroatoms. The average molecular weight is 408 g/mol. The predicted octanol–water partition coefficient (Wildman–Crippen LogP) is 4.98. The van der Waals surface area contributed by atoms with Crippen LogP contribution in [0.3, 0.4) is 0 Å². The van der Waals surface area contributed by atoms with Gasteiger partial charge in [-0.25, -0.2) is 0 Å². The van der Waals surface area contributed by atoms with Crippen molar-refractivity contribution in [3.8, 4) is 10.8 Å². The molecule has 0 N–H and O–H groups in total. The smallest absolute Gasteiger partial charge is 0.257 e. The lowest BCUT2D eigenvalue weighted by molar-refractivity contribution is -0.129. The SMILES string of the molecule is CCCN(Cc1nnc(-c2cccs2)o1)C(=O)CSc1cccc(Cl)c1. The van der Waals surface area contributed by atoms with Crippen molar-refractivity contribution in [2.75, 3.05) is 12.3 Å². The number of halogens is 1. The van der Waals surface area contributed by atoms with Gasteiger partial charge in [-0.05, 0) is 36.1 Å². The number of amides is 1. The van der Waals surface area contributed by atoms with Crippen LogP contribution in [-0.2, 0) is 11.3 Å². The Morgan fingerprint density at radius 1 is 1.31 bits per heavy atom. The fourth-order valence-corrected chi connectivity index (χ4v) is 4.09. The second kappa shape index (κ2) is 9.21. The Morgan fingerprint density at radius 2 is 2.19 bits per heavy atom. The molecule has 0 radical (unpaired) electrons. The summed E-state index contributed by atoms with van der Waals surface area (Å²) in [7, 11) is 0. The maximum Gasteiger partial charge on any atom is 0.257 e. The van der Waals surface area contributed by atoms with Crippen molar-refractivity contribution in [3.63, 3.8) is 0 Å². The van der Waals surface area contributed by atoms with E-state index >= 15 is 0 Å². The molecule has 3 rings (SSSR count). The van der Waals surface area contributed by atoms with E-state index in [0.717, 1.165) is 16.2 Å². The van der Waals surface area contributed by atoms with Gasteiger partial charge in [-0.3, -0.25) is 4.79 Å². The van der Waals surface area contributed by atoms with Crippen LogP contribution in [0, 0.1) is 0 Å². The third-order valence-electron chi connectivity index (χ3n) is 3.53. The van der Waals surface area contributed by atoms with Gasteiger partial charge in [-0.1, -0.05) is 30.7 Å². The van der Waals surface area contributed by atoms with E-state index in [1.54, 1.807) is 16.2 Å². The molecule has 2 aromatic heterocycles. The molecule has 5 nitrogen and oxygen atoms in total. The summed E-state index contributed by atoms with van der Waals surface area (Å²) in [6.07, 6.45) is 0.861. The fourth-order valence-electron chi connectivity index (χ4n) is 2.34. The summed E-state index contributed by atoms with van der Waals surface area (Å²) in [6.45, 7) is 3.00. The zero-order chi connectivity index (χ0) is 18.4. The molecule has 136 valence electrons. The van der Waals surface area contributed by atoms with Gasteiger partial charge in [0.2, 0.25) is 11.8 Å². The number of aromatic nitrogens is 2. The van der Waals surface area contributed by atoms with E-state index in [4.69, 9.17) is 16.0 Å². The molecule has 0 spiro atoms. The molecule has 0 bridgehead atoms. The van der Waals surface area contributed by atoms with Gasteiger partial charge in [0, 0.05) is 16.5 Å². The number of carbonyl (C=O) groups is 1. The summed E-state index contributed by atoms with van der Waals surface area (Å²) in [5.41, 5.74) is 0. The Morgan fingerprint density at radius 3 is 2.92 bits per heavy atom. The molecular formula is C18H18ClN3O2S2. The highest BCUT2D eigenvalue weighted by atomic mass is 35.5. The number of hydrogen-bond donors (Lipinski definition) is 0. The average Bonchev–Trinajstić information content (AvgIpc) is 3.31. The second-order valence-corrected chi connectivity index (χ2v) is 7.97. The van der Waals surface area contributed by atoms with Crippen molar-refractivity contribution in [3.05, 3.63) is 52.7 Å². The Balaban J connectivity index is 1.62. The topological polar surface area (TPSA) is 59.2 Å². The van der Waals surface area contributed by atoms with E-state index < -0.39 is 0 Å². The Bertz CT molecular complexity index is 852. The van der Waals surface area contributed by atoms with Crippen molar-refractivity contribution >= 4 is 40.6 Å². The highest BCUT2D eigenvalue weighted by Gasteiger charge is 2.18. The van der Waals surface area contributed by atoms with Crippen molar-refractivity contribution in [2.45, 2.75) is 24.8 Å². The number of carbonyl (C=O) groups excluding carboxylic acids is 1. The quantitative estimate of drug-likeness (QED) is 0.492. The summed E-state index contributed by atoms with van der Waals surface area (Å²) in [5.74, 6) is 1.31. The van der Waals surface area contributed by atoms with Crippen LogP contribution in [0.1, 0.15) is 19.2 Å². The van der Waals surface area contributed by atoms with E-state index in [9.17, 15) is 4.79 Å². The molecule has 0 saturated carbocycles. The highest BCUT2D eigenvalue weighted by molar-refractivity contribution is 8.00. The zero-order valence-corrected chi connectivity index (χ0v) is 16.6. The lowest BCUT2D eigenvalue weighted by Gasteiger charge is -2.20. The minimum atomic E-state index is 0.0349. The van der Waals surface area contributed by atoms with Crippen molar-refractivity contribution in [2.24, 2.45) is 0 Å². The van der Waals surface area contributed by atoms with Crippen molar-refractivity contribution < 1.29 is 9.21 Å². The Hall–Kier alpha value is -1.83. The standard InChI is InChI=1S/C18H18ClN3O2S2/c1-2-8-22(17(23)12-26-14-6-3-5-13(19)10-14)11-16-20-21-18(24-16)15-7-4-9-25-15/h3-7,9-10H,2,8,11-12H2,1H3. The third-order valence-corrected chi connectivity index (χ3v) is 5.60. The minimum absolute atomic E-state index is 0.0349. The molecule has 2 heterocycles. The number of thioether (sulfide) groups is 1. The number of thiophene rings is 1. The van der Waals surface area contributed by atoms with Gasteiger partial charge in [0.25, 0.3) is 5.89 Å². The van der Waals surface area contributed by atoms with Gasteiger partial charge in [0.1, 0.15) is 0 Å². The molecule has 3 aromatic rings. The van der Waals surface area contributed by atoms with Crippen molar-refractivity contribution in [1.29, 1.82) is 0 Å².